The van der Waals surface area contributed by atoms with Gasteiger partial charge in [0.05, 0.1) is 13.2 Å². The van der Waals surface area contributed by atoms with E-state index in [2.05, 4.69) is 10.3 Å². The Morgan fingerprint density at radius 2 is 1.87 bits per heavy atom. The molecule has 0 spiro atoms. The first-order valence-electron chi connectivity index (χ1n) is 10.8. The normalized spacial score (nSPS) is 22.1. The summed E-state index contributed by atoms with van der Waals surface area (Å²) in [5.74, 6) is 0.0565. The van der Waals surface area contributed by atoms with E-state index in [1.54, 1.807) is 6.20 Å². The fraction of sp³-hybridized carbons (Fsp3) is 0.458. The van der Waals surface area contributed by atoms with Gasteiger partial charge >= 0.3 is 0 Å². The second-order valence-electron chi connectivity index (χ2n) is 8.25. The van der Waals surface area contributed by atoms with Crippen LogP contribution in [0, 0.1) is 5.92 Å². The van der Waals surface area contributed by atoms with Gasteiger partial charge in [-0.05, 0) is 30.5 Å². The van der Waals surface area contributed by atoms with E-state index in [1.807, 2.05) is 53.4 Å². The molecule has 1 unspecified atom stereocenters. The Morgan fingerprint density at radius 1 is 1.10 bits per heavy atom. The summed E-state index contributed by atoms with van der Waals surface area (Å²) < 4.78 is 6.12. The van der Waals surface area contributed by atoms with Crippen molar-refractivity contribution >= 4 is 11.8 Å². The summed E-state index contributed by atoms with van der Waals surface area (Å²) in [6, 6.07) is 15.4. The lowest BCUT2D eigenvalue weighted by molar-refractivity contribution is -0.168. The van der Waals surface area contributed by atoms with Gasteiger partial charge in [-0.3, -0.25) is 14.6 Å². The minimum absolute atomic E-state index is 0.0861. The first-order chi connectivity index (χ1) is 14.7. The molecule has 2 aromatic rings. The lowest BCUT2D eigenvalue weighted by Gasteiger charge is -2.42. The van der Waals surface area contributed by atoms with Crippen molar-refractivity contribution in [3.05, 3.63) is 66.0 Å². The molecule has 4 rings (SSSR count). The fourth-order valence-corrected chi connectivity index (χ4v) is 4.46. The van der Waals surface area contributed by atoms with Crippen molar-refractivity contribution < 1.29 is 14.3 Å². The van der Waals surface area contributed by atoms with Crippen LogP contribution in [-0.4, -0.2) is 47.0 Å². The zero-order chi connectivity index (χ0) is 20.8. The molecule has 0 bridgehead atoms. The number of hydrogen-bond acceptors (Lipinski definition) is 4. The van der Waals surface area contributed by atoms with E-state index in [4.69, 9.17) is 4.74 Å². The van der Waals surface area contributed by atoms with Crippen LogP contribution < -0.4 is 5.32 Å². The number of pyridine rings is 1. The van der Waals surface area contributed by atoms with Gasteiger partial charge in [0.25, 0.3) is 5.91 Å². The number of carbonyl (C=O) groups is 2. The zero-order valence-electron chi connectivity index (χ0n) is 17.3. The Kier molecular flexibility index (Phi) is 6.43. The van der Waals surface area contributed by atoms with Gasteiger partial charge in [0, 0.05) is 37.3 Å². The number of nitrogens with one attached hydrogen (secondary N) is 1. The average Bonchev–Trinajstić information content (AvgIpc) is 3.33. The van der Waals surface area contributed by atoms with E-state index in [0.29, 0.717) is 26.1 Å². The van der Waals surface area contributed by atoms with Gasteiger partial charge in [-0.25, -0.2) is 0 Å². The molecule has 2 fully saturated rings. The molecule has 1 aromatic carbocycles. The number of hydrogen-bond donors (Lipinski definition) is 1. The Balaban J connectivity index is 1.53. The highest BCUT2D eigenvalue weighted by Crippen LogP contribution is 2.30. The number of carbonyl (C=O) groups excluding carboxylic acids is 2. The van der Waals surface area contributed by atoms with Gasteiger partial charge in [-0.1, -0.05) is 49.2 Å². The van der Waals surface area contributed by atoms with Crippen molar-refractivity contribution in [2.24, 2.45) is 5.92 Å². The predicted molar refractivity (Wildman–Crippen MR) is 113 cm³/mol. The largest absolute Gasteiger partial charge is 0.361 e. The highest BCUT2D eigenvalue weighted by Gasteiger charge is 2.46. The third-order valence-corrected chi connectivity index (χ3v) is 6.10. The van der Waals surface area contributed by atoms with E-state index in [1.165, 1.54) is 0 Å². The van der Waals surface area contributed by atoms with Crippen molar-refractivity contribution in [3.63, 3.8) is 0 Å². The number of ether oxygens (including phenoxy) is 1. The lowest BCUT2D eigenvalue weighted by Crippen LogP contribution is -2.62. The Labute approximate surface area is 177 Å². The standard InChI is InChI=1S/C24H29N3O3/c28-22(20-10-4-5-11-20)27-14-15-30-24(18-27,16-21-12-6-7-13-25-21)23(29)26-17-19-8-2-1-3-9-19/h1-3,6-9,12-13,20H,4-5,10-11,14-18H2,(H,26,29). The molecule has 158 valence electrons. The van der Waals surface area contributed by atoms with Crippen molar-refractivity contribution in [1.82, 2.24) is 15.2 Å². The van der Waals surface area contributed by atoms with Gasteiger partial charge in [0.15, 0.2) is 5.60 Å². The number of rotatable bonds is 6. The SMILES string of the molecule is O=C(C1CCCC1)N1CCOC(Cc2ccccn2)(C(=O)NCc2ccccc2)C1. The van der Waals surface area contributed by atoms with Gasteiger partial charge < -0.3 is 15.0 Å². The topological polar surface area (TPSA) is 71.5 Å². The molecule has 1 atom stereocenters. The van der Waals surface area contributed by atoms with Crippen molar-refractivity contribution in [1.29, 1.82) is 0 Å². The third-order valence-electron chi connectivity index (χ3n) is 6.10. The molecule has 1 saturated carbocycles. The maximum absolute atomic E-state index is 13.4. The van der Waals surface area contributed by atoms with Crippen LogP contribution in [0.3, 0.4) is 0 Å². The summed E-state index contributed by atoms with van der Waals surface area (Å²) >= 11 is 0. The highest BCUT2D eigenvalue weighted by molar-refractivity contribution is 5.87. The van der Waals surface area contributed by atoms with Gasteiger partial charge in [-0.2, -0.15) is 0 Å². The smallest absolute Gasteiger partial charge is 0.254 e. The van der Waals surface area contributed by atoms with Crippen LogP contribution in [0.25, 0.3) is 0 Å². The van der Waals surface area contributed by atoms with Crippen LogP contribution in [0.1, 0.15) is 36.9 Å². The van der Waals surface area contributed by atoms with Gasteiger partial charge in [0.1, 0.15) is 0 Å². The summed E-state index contributed by atoms with van der Waals surface area (Å²) in [4.78, 5) is 32.7. The molecule has 30 heavy (non-hydrogen) atoms. The van der Waals surface area contributed by atoms with Crippen LogP contribution in [0.2, 0.25) is 0 Å². The molecule has 6 heteroatoms. The fourth-order valence-electron chi connectivity index (χ4n) is 4.46. The van der Waals surface area contributed by atoms with Crippen LogP contribution in [0.4, 0.5) is 0 Å². The van der Waals surface area contributed by atoms with Crippen molar-refractivity contribution in [2.75, 3.05) is 19.7 Å². The molecule has 0 radical (unpaired) electrons. The molecule has 2 amide bonds. The first-order valence-corrected chi connectivity index (χ1v) is 10.8. The van der Waals surface area contributed by atoms with E-state index >= 15 is 0 Å². The van der Waals surface area contributed by atoms with Crippen molar-refractivity contribution in [2.45, 2.75) is 44.2 Å². The van der Waals surface area contributed by atoms with Crippen LogP contribution in [0.5, 0.6) is 0 Å². The molecule has 1 aliphatic carbocycles. The molecular formula is C24H29N3O3. The predicted octanol–water partition coefficient (Wildman–Crippen LogP) is 2.73. The average molecular weight is 408 g/mol. The molecule has 1 N–H and O–H groups in total. The van der Waals surface area contributed by atoms with Crippen molar-refractivity contribution in [3.8, 4) is 0 Å². The molecule has 1 aromatic heterocycles. The Morgan fingerprint density at radius 3 is 2.60 bits per heavy atom. The zero-order valence-corrected chi connectivity index (χ0v) is 17.3. The number of benzene rings is 1. The maximum Gasteiger partial charge on any atom is 0.254 e. The van der Waals surface area contributed by atoms with E-state index in [-0.39, 0.29) is 24.3 Å². The summed E-state index contributed by atoms with van der Waals surface area (Å²) in [6.07, 6.45) is 6.17. The Hall–Kier alpha value is -2.73. The number of morpholine rings is 1. The number of nitrogens with zero attached hydrogens (tertiary/aromatic N) is 2. The van der Waals surface area contributed by atoms with Gasteiger partial charge in [-0.15, -0.1) is 0 Å². The molecule has 2 aliphatic rings. The van der Waals surface area contributed by atoms with Gasteiger partial charge in [0.2, 0.25) is 5.91 Å². The molecular weight excluding hydrogens is 378 g/mol. The quantitative estimate of drug-likeness (QED) is 0.799. The second-order valence-corrected chi connectivity index (χ2v) is 8.25. The minimum atomic E-state index is -1.13. The third kappa shape index (κ3) is 4.70. The first kappa shape index (κ1) is 20.5. The summed E-state index contributed by atoms with van der Waals surface area (Å²) in [6.45, 7) is 1.57. The van der Waals surface area contributed by atoms with Crippen LogP contribution >= 0.6 is 0 Å². The minimum Gasteiger partial charge on any atom is -0.361 e. The highest BCUT2D eigenvalue weighted by atomic mass is 16.5. The monoisotopic (exact) mass is 407 g/mol. The number of amides is 2. The summed E-state index contributed by atoms with van der Waals surface area (Å²) in [5, 5.41) is 3.03. The second kappa shape index (κ2) is 9.39. The molecule has 1 saturated heterocycles. The van der Waals surface area contributed by atoms with Crippen LogP contribution in [0.15, 0.2) is 54.7 Å². The summed E-state index contributed by atoms with van der Waals surface area (Å²) in [7, 11) is 0. The summed E-state index contributed by atoms with van der Waals surface area (Å²) in [5.41, 5.74) is 0.673. The number of aromatic nitrogens is 1. The lowest BCUT2D eigenvalue weighted by atomic mass is 9.92. The molecule has 2 heterocycles. The Bertz CT molecular complexity index is 853. The van der Waals surface area contributed by atoms with Crippen LogP contribution in [-0.2, 0) is 27.3 Å². The van der Waals surface area contributed by atoms with E-state index in [9.17, 15) is 9.59 Å². The molecule has 6 nitrogen and oxygen atoms in total. The van der Waals surface area contributed by atoms with E-state index in [0.717, 1.165) is 36.9 Å². The molecule has 1 aliphatic heterocycles. The van der Waals surface area contributed by atoms with E-state index < -0.39 is 5.60 Å². The maximum atomic E-state index is 13.4.